The smallest absolute Gasteiger partial charge is 0.311 e. The lowest BCUT2D eigenvalue weighted by atomic mass is 9.95. The van der Waals surface area contributed by atoms with Crippen LogP contribution in [-0.4, -0.2) is 35.1 Å². The Labute approximate surface area is 156 Å². The molecule has 2 aromatic rings. The van der Waals surface area contributed by atoms with E-state index in [-0.39, 0.29) is 23.9 Å². The highest BCUT2D eigenvalue weighted by Gasteiger charge is 2.35. The molecule has 1 aromatic heterocycles. The summed E-state index contributed by atoms with van der Waals surface area (Å²) >= 11 is 0. The lowest BCUT2D eigenvalue weighted by molar-refractivity contribution is -0.137. The molecule has 1 aliphatic heterocycles. The van der Waals surface area contributed by atoms with Gasteiger partial charge in [-0.1, -0.05) is 19.1 Å². The Morgan fingerprint density at radius 2 is 1.89 bits per heavy atom. The molecule has 1 aliphatic rings. The van der Waals surface area contributed by atoms with Crippen molar-refractivity contribution in [2.75, 3.05) is 13.1 Å². The van der Waals surface area contributed by atoms with Crippen molar-refractivity contribution < 1.29 is 17.6 Å². The van der Waals surface area contributed by atoms with Gasteiger partial charge in [0.2, 0.25) is 0 Å². The number of benzene rings is 1. The molecule has 7 heteroatoms. The highest BCUT2D eigenvalue weighted by atomic mass is 19.4. The molecule has 0 amide bonds. The van der Waals surface area contributed by atoms with Gasteiger partial charge in [-0.05, 0) is 43.2 Å². The Balaban J connectivity index is 2.03. The summed E-state index contributed by atoms with van der Waals surface area (Å²) < 4.78 is 52.2. The molecular formula is C20H23F4N3. The van der Waals surface area contributed by atoms with Gasteiger partial charge in [0.05, 0.1) is 17.3 Å². The zero-order chi connectivity index (χ0) is 19.6. The Hall–Kier alpha value is -1.99. The number of alkyl halides is 3. The summed E-state index contributed by atoms with van der Waals surface area (Å²) in [6.07, 6.45) is -2.66. The van der Waals surface area contributed by atoms with E-state index in [9.17, 15) is 17.6 Å². The molecule has 2 unspecified atom stereocenters. The SMILES string of the molecule is CC[C@H]1CNC(C)CN1C(c1ccc(F)cc1)c1ccc(C(F)(F)F)cn1. The first-order valence-electron chi connectivity index (χ1n) is 9.07. The van der Waals surface area contributed by atoms with Crippen molar-refractivity contribution in [3.05, 3.63) is 65.2 Å². The van der Waals surface area contributed by atoms with Crippen molar-refractivity contribution in [1.82, 2.24) is 15.2 Å². The predicted octanol–water partition coefficient (Wildman–Crippen LogP) is 4.40. The van der Waals surface area contributed by atoms with Crippen LogP contribution in [0.4, 0.5) is 17.6 Å². The minimum absolute atomic E-state index is 0.209. The Morgan fingerprint density at radius 1 is 1.19 bits per heavy atom. The van der Waals surface area contributed by atoms with Crippen molar-refractivity contribution >= 4 is 0 Å². The number of hydrogen-bond acceptors (Lipinski definition) is 3. The van der Waals surface area contributed by atoms with E-state index in [4.69, 9.17) is 0 Å². The summed E-state index contributed by atoms with van der Waals surface area (Å²) in [5.74, 6) is -0.349. The number of pyridine rings is 1. The summed E-state index contributed by atoms with van der Waals surface area (Å²) in [7, 11) is 0. The summed E-state index contributed by atoms with van der Waals surface area (Å²) in [6, 6.07) is 8.71. The van der Waals surface area contributed by atoms with Crippen LogP contribution in [0.2, 0.25) is 0 Å². The molecule has 1 N–H and O–H groups in total. The molecule has 3 nitrogen and oxygen atoms in total. The highest BCUT2D eigenvalue weighted by Crippen LogP contribution is 2.34. The van der Waals surface area contributed by atoms with E-state index in [0.717, 1.165) is 37.3 Å². The fourth-order valence-electron chi connectivity index (χ4n) is 3.59. The van der Waals surface area contributed by atoms with Gasteiger partial charge in [0.25, 0.3) is 0 Å². The second-order valence-corrected chi connectivity index (χ2v) is 6.99. The number of aromatic nitrogens is 1. The molecule has 27 heavy (non-hydrogen) atoms. The first kappa shape index (κ1) is 19.8. The summed E-state index contributed by atoms with van der Waals surface area (Å²) in [5, 5.41) is 3.44. The predicted molar refractivity (Wildman–Crippen MR) is 95.7 cm³/mol. The molecule has 3 atom stereocenters. The van der Waals surface area contributed by atoms with Crippen LogP contribution in [0.15, 0.2) is 42.6 Å². The standard InChI is InChI=1S/C20H23F4N3/c1-3-17-11-25-13(2)12-27(17)19(14-4-7-16(21)8-5-14)18-9-6-15(10-26-18)20(22,23)24/h4-10,13,17,19,25H,3,11-12H2,1-2H3/t13?,17-,19?/m0/s1. The maximum absolute atomic E-state index is 13.4. The second kappa shape index (κ2) is 7.94. The molecule has 1 fully saturated rings. The maximum Gasteiger partial charge on any atom is 0.417 e. The third-order valence-electron chi connectivity index (χ3n) is 5.04. The molecule has 0 radical (unpaired) electrons. The van der Waals surface area contributed by atoms with Crippen molar-refractivity contribution in [1.29, 1.82) is 0 Å². The van der Waals surface area contributed by atoms with Crippen LogP contribution in [0.5, 0.6) is 0 Å². The number of nitrogens with zero attached hydrogens (tertiary/aromatic N) is 2. The summed E-state index contributed by atoms with van der Waals surface area (Å²) in [6.45, 7) is 5.66. The van der Waals surface area contributed by atoms with Crippen LogP contribution in [0.3, 0.4) is 0 Å². The fourth-order valence-corrected chi connectivity index (χ4v) is 3.59. The van der Waals surface area contributed by atoms with E-state index < -0.39 is 11.7 Å². The summed E-state index contributed by atoms with van der Waals surface area (Å²) in [5.41, 5.74) is 0.572. The van der Waals surface area contributed by atoms with E-state index in [2.05, 4.69) is 29.0 Å². The first-order chi connectivity index (χ1) is 12.8. The third kappa shape index (κ3) is 4.47. The van der Waals surface area contributed by atoms with Crippen molar-refractivity contribution in [3.8, 4) is 0 Å². The zero-order valence-corrected chi connectivity index (χ0v) is 15.3. The van der Waals surface area contributed by atoms with Crippen molar-refractivity contribution in [2.24, 2.45) is 0 Å². The highest BCUT2D eigenvalue weighted by molar-refractivity contribution is 5.30. The number of halogens is 4. The minimum Gasteiger partial charge on any atom is -0.311 e. The molecule has 0 saturated carbocycles. The van der Waals surface area contributed by atoms with Gasteiger partial charge in [0.15, 0.2) is 0 Å². The van der Waals surface area contributed by atoms with Crippen LogP contribution in [-0.2, 0) is 6.18 Å². The van der Waals surface area contributed by atoms with Gasteiger partial charge in [0, 0.05) is 31.4 Å². The topological polar surface area (TPSA) is 28.2 Å². The molecule has 2 heterocycles. The Kier molecular flexibility index (Phi) is 5.81. The molecule has 0 bridgehead atoms. The average molecular weight is 381 g/mol. The molecule has 0 spiro atoms. The molecule has 1 saturated heterocycles. The van der Waals surface area contributed by atoms with E-state index in [1.54, 1.807) is 12.1 Å². The van der Waals surface area contributed by atoms with Crippen LogP contribution in [0.1, 0.15) is 43.1 Å². The zero-order valence-electron chi connectivity index (χ0n) is 15.3. The third-order valence-corrected chi connectivity index (χ3v) is 5.04. The van der Waals surface area contributed by atoms with Crippen LogP contribution in [0.25, 0.3) is 0 Å². The van der Waals surface area contributed by atoms with E-state index in [0.29, 0.717) is 5.69 Å². The fraction of sp³-hybridized carbons (Fsp3) is 0.450. The lowest BCUT2D eigenvalue weighted by Crippen LogP contribution is -2.56. The van der Waals surface area contributed by atoms with Gasteiger partial charge in [-0.25, -0.2) is 4.39 Å². The molecule has 0 aliphatic carbocycles. The van der Waals surface area contributed by atoms with Gasteiger partial charge in [-0.3, -0.25) is 9.88 Å². The van der Waals surface area contributed by atoms with E-state index >= 15 is 0 Å². The van der Waals surface area contributed by atoms with Gasteiger partial charge in [-0.15, -0.1) is 0 Å². The minimum atomic E-state index is -4.42. The Morgan fingerprint density at radius 3 is 2.44 bits per heavy atom. The quantitative estimate of drug-likeness (QED) is 0.796. The molecule has 1 aromatic carbocycles. The molecule has 146 valence electrons. The number of piperazine rings is 1. The van der Waals surface area contributed by atoms with Gasteiger partial charge >= 0.3 is 6.18 Å². The summed E-state index contributed by atoms with van der Waals surface area (Å²) in [4.78, 5) is 6.39. The molecular weight excluding hydrogens is 358 g/mol. The Bertz CT molecular complexity index is 743. The normalized spacial score (nSPS) is 22.6. The van der Waals surface area contributed by atoms with E-state index in [1.807, 2.05) is 0 Å². The van der Waals surface area contributed by atoms with Crippen LogP contribution in [0, 0.1) is 5.82 Å². The van der Waals surface area contributed by atoms with Crippen LogP contribution >= 0.6 is 0 Å². The van der Waals surface area contributed by atoms with Gasteiger partial charge in [0.1, 0.15) is 5.82 Å². The maximum atomic E-state index is 13.4. The van der Waals surface area contributed by atoms with Gasteiger partial charge < -0.3 is 5.32 Å². The number of nitrogens with one attached hydrogen (secondary N) is 1. The average Bonchev–Trinajstić information content (AvgIpc) is 2.63. The second-order valence-electron chi connectivity index (χ2n) is 6.99. The number of hydrogen-bond donors (Lipinski definition) is 1. The van der Waals surface area contributed by atoms with E-state index in [1.165, 1.54) is 18.2 Å². The molecule has 3 rings (SSSR count). The monoisotopic (exact) mass is 381 g/mol. The van der Waals surface area contributed by atoms with Crippen molar-refractivity contribution in [2.45, 2.75) is 44.6 Å². The van der Waals surface area contributed by atoms with Crippen LogP contribution < -0.4 is 5.32 Å². The number of rotatable bonds is 4. The first-order valence-corrected chi connectivity index (χ1v) is 9.07. The largest absolute Gasteiger partial charge is 0.417 e. The lowest BCUT2D eigenvalue weighted by Gasteiger charge is -2.43. The van der Waals surface area contributed by atoms with Crippen molar-refractivity contribution in [3.63, 3.8) is 0 Å². The van der Waals surface area contributed by atoms with Gasteiger partial charge in [-0.2, -0.15) is 13.2 Å².